The third-order valence-electron chi connectivity index (χ3n) is 7.45. The first kappa shape index (κ1) is 22.4. The van der Waals surface area contributed by atoms with Crippen molar-refractivity contribution in [1.82, 2.24) is 4.90 Å². The number of nitrogens with zero attached hydrogens (tertiary/aromatic N) is 1. The van der Waals surface area contributed by atoms with Crippen molar-refractivity contribution in [2.45, 2.75) is 33.1 Å². The van der Waals surface area contributed by atoms with Gasteiger partial charge in [0.2, 0.25) is 0 Å². The Balaban J connectivity index is 1.54. The van der Waals surface area contributed by atoms with Crippen LogP contribution < -0.4 is 9.47 Å². The van der Waals surface area contributed by atoms with Crippen LogP contribution in [-0.4, -0.2) is 38.1 Å². The highest BCUT2D eigenvalue weighted by molar-refractivity contribution is 5.94. The number of carbonyl (C=O) groups is 1. The summed E-state index contributed by atoms with van der Waals surface area (Å²) in [4.78, 5) is 15.3. The molecule has 2 unspecified atom stereocenters. The summed E-state index contributed by atoms with van der Waals surface area (Å²) < 4.78 is 24.2. The van der Waals surface area contributed by atoms with E-state index < -0.39 is 0 Å². The molecular weight excluding hydrogens is 405 g/mol. The maximum absolute atomic E-state index is 13.4. The summed E-state index contributed by atoms with van der Waals surface area (Å²) in [7, 11) is 3.24. The molecule has 1 fully saturated rings. The Morgan fingerprint density at radius 1 is 1.09 bits per heavy atom. The van der Waals surface area contributed by atoms with Crippen LogP contribution in [0.25, 0.3) is 0 Å². The molecule has 2 aromatic rings. The molecule has 0 spiro atoms. The quantitative estimate of drug-likeness (QED) is 0.511. The van der Waals surface area contributed by atoms with E-state index in [9.17, 15) is 9.18 Å². The van der Waals surface area contributed by atoms with Crippen molar-refractivity contribution in [1.29, 1.82) is 0 Å². The van der Waals surface area contributed by atoms with Crippen molar-refractivity contribution in [2.24, 2.45) is 17.3 Å². The predicted octanol–water partition coefficient (Wildman–Crippen LogP) is 5.52. The van der Waals surface area contributed by atoms with E-state index in [4.69, 9.17) is 9.47 Å². The largest absolute Gasteiger partial charge is 0.493 e. The molecule has 5 heteroatoms. The van der Waals surface area contributed by atoms with Gasteiger partial charge in [-0.2, -0.15) is 0 Å². The lowest BCUT2D eigenvalue weighted by Crippen LogP contribution is -2.50. The molecule has 3 aliphatic carbocycles. The minimum absolute atomic E-state index is 0.0642. The van der Waals surface area contributed by atoms with Gasteiger partial charge in [0.05, 0.1) is 14.2 Å². The number of amides is 1. The van der Waals surface area contributed by atoms with E-state index >= 15 is 0 Å². The standard InChI is InChI=1S/C27H32FNO3/c1-27(2)21-9-6-20(23(27)16-21)17-29(26(30)19-7-10-22(28)11-8-19)14-13-18-5-12-24(31-3)25(15-18)32-4/h5-8,10-12,15,21,23H,9,13-14,16-17H2,1-4H3. The van der Waals surface area contributed by atoms with E-state index in [2.05, 4.69) is 19.9 Å². The SMILES string of the molecule is COc1ccc(CCN(CC2=CCC3CC2C3(C)C)C(=O)c2ccc(F)cc2)cc1OC. The molecule has 1 saturated carbocycles. The molecule has 0 aliphatic heterocycles. The molecular formula is C27H32FNO3. The fourth-order valence-corrected chi connectivity index (χ4v) is 5.20. The monoisotopic (exact) mass is 437 g/mol. The molecule has 0 saturated heterocycles. The van der Waals surface area contributed by atoms with Crippen molar-refractivity contribution in [3.8, 4) is 11.5 Å². The first-order chi connectivity index (χ1) is 15.3. The second-order valence-corrected chi connectivity index (χ2v) is 9.49. The van der Waals surface area contributed by atoms with Gasteiger partial charge in [-0.15, -0.1) is 0 Å². The van der Waals surface area contributed by atoms with Crippen LogP contribution in [0.5, 0.6) is 11.5 Å². The van der Waals surface area contributed by atoms with E-state index in [1.165, 1.54) is 24.1 Å². The number of hydrogen-bond acceptors (Lipinski definition) is 3. The van der Waals surface area contributed by atoms with Crippen LogP contribution in [0.2, 0.25) is 0 Å². The lowest BCUT2D eigenvalue weighted by atomic mass is 9.49. The van der Waals surface area contributed by atoms with Crippen LogP contribution in [0.3, 0.4) is 0 Å². The average Bonchev–Trinajstić information content (AvgIpc) is 2.81. The molecule has 0 N–H and O–H groups in total. The predicted molar refractivity (Wildman–Crippen MR) is 124 cm³/mol. The third-order valence-corrected chi connectivity index (χ3v) is 7.45. The molecule has 3 aliphatic rings. The number of hydrogen-bond donors (Lipinski definition) is 0. The summed E-state index contributed by atoms with van der Waals surface area (Å²) in [6.45, 7) is 5.87. The van der Waals surface area contributed by atoms with Gasteiger partial charge in [0.15, 0.2) is 11.5 Å². The zero-order valence-corrected chi connectivity index (χ0v) is 19.4. The summed E-state index contributed by atoms with van der Waals surface area (Å²) in [6, 6.07) is 11.7. The topological polar surface area (TPSA) is 38.8 Å². The molecule has 170 valence electrons. The number of methoxy groups -OCH3 is 2. The Bertz CT molecular complexity index is 1010. The molecule has 0 heterocycles. The van der Waals surface area contributed by atoms with Crippen molar-refractivity contribution in [3.63, 3.8) is 0 Å². The molecule has 4 nitrogen and oxygen atoms in total. The zero-order valence-electron chi connectivity index (χ0n) is 19.4. The Kier molecular flexibility index (Phi) is 6.27. The smallest absolute Gasteiger partial charge is 0.254 e. The Hall–Kier alpha value is -2.82. The number of benzene rings is 2. The number of ether oxygens (including phenoxy) is 2. The maximum atomic E-state index is 13.4. The molecule has 1 amide bonds. The highest BCUT2D eigenvalue weighted by Crippen LogP contribution is 2.59. The maximum Gasteiger partial charge on any atom is 0.254 e. The summed E-state index contributed by atoms with van der Waals surface area (Å²) in [5, 5.41) is 0. The lowest BCUT2D eigenvalue weighted by Gasteiger charge is -2.57. The van der Waals surface area contributed by atoms with Crippen LogP contribution in [0, 0.1) is 23.1 Å². The molecule has 0 radical (unpaired) electrons. The van der Waals surface area contributed by atoms with Gasteiger partial charge in [0.1, 0.15) is 5.82 Å². The number of carbonyl (C=O) groups excluding carboxylic acids is 1. The van der Waals surface area contributed by atoms with Crippen LogP contribution >= 0.6 is 0 Å². The second kappa shape index (κ2) is 8.97. The first-order valence-electron chi connectivity index (χ1n) is 11.3. The number of allylic oxidation sites excluding steroid dienone is 1. The summed E-state index contributed by atoms with van der Waals surface area (Å²) >= 11 is 0. The fraction of sp³-hybridized carbons (Fsp3) is 0.444. The van der Waals surface area contributed by atoms with Crippen LogP contribution in [-0.2, 0) is 6.42 Å². The van der Waals surface area contributed by atoms with Gasteiger partial charge >= 0.3 is 0 Å². The average molecular weight is 438 g/mol. The number of halogens is 1. The van der Waals surface area contributed by atoms with E-state index in [-0.39, 0.29) is 11.7 Å². The molecule has 32 heavy (non-hydrogen) atoms. The lowest BCUT2D eigenvalue weighted by molar-refractivity contribution is -0.0102. The summed E-state index contributed by atoms with van der Waals surface area (Å²) in [5.41, 5.74) is 3.25. The van der Waals surface area contributed by atoms with Gasteiger partial charge in [-0.1, -0.05) is 31.6 Å². The zero-order chi connectivity index (χ0) is 22.9. The number of fused-ring (bicyclic) bond motifs is 1. The van der Waals surface area contributed by atoms with Gasteiger partial charge in [-0.3, -0.25) is 4.79 Å². The Labute approximate surface area is 190 Å². The third kappa shape index (κ3) is 4.25. The minimum Gasteiger partial charge on any atom is -0.493 e. The van der Waals surface area contributed by atoms with Crippen molar-refractivity contribution < 1.29 is 18.7 Å². The van der Waals surface area contributed by atoms with Gasteiger partial charge < -0.3 is 14.4 Å². The van der Waals surface area contributed by atoms with Crippen molar-refractivity contribution >= 4 is 5.91 Å². The van der Waals surface area contributed by atoms with E-state index in [0.717, 1.165) is 17.9 Å². The van der Waals surface area contributed by atoms with Crippen molar-refractivity contribution in [3.05, 3.63) is 71.1 Å². The van der Waals surface area contributed by atoms with E-state index in [0.29, 0.717) is 47.9 Å². The van der Waals surface area contributed by atoms with Gasteiger partial charge in [0, 0.05) is 18.7 Å². The molecule has 2 aromatic carbocycles. The highest BCUT2D eigenvalue weighted by Gasteiger charge is 2.51. The Morgan fingerprint density at radius 3 is 2.44 bits per heavy atom. The first-order valence-corrected chi connectivity index (χ1v) is 11.3. The van der Waals surface area contributed by atoms with Crippen LogP contribution in [0.4, 0.5) is 4.39 Å². The summed E-state index contributed by atoms with van der Waals surface area (Å²) in [5.74, 6) is 2.25. The number of rotatable bonds is 8. The van der Waals surface area contributed by atoms with Gasteiger partial charge in [-0.05, 0) is 78.5 Å². The van der Waals surface area contributed by atoms with Crippen LogP contribution in [0.15, 0.2) is 54.1 Å². The minimum atomic E-state index is -0.337. The second-order valence-electron chi connectivity index (χ2n) is 9.49. The highest BCUT2D eigenvalue weighted by atomic mass is 19.1. The van der Waals surface area contributed by atoms with Gasteiger partial charge in [0.25, 0.3) is 5.91 Å². The van der Waals surface area contributed by atoms with Crippen LogP contribution in [0.1, 0.15) is 42.6 Å². The molecule has 2 bridgehead atoms. The fourth-order valence-electron chi connectivity index (χ4n) is 5.20. The summed E-state index contributed by atoms with van der Waals surface area (Å²) in [6.07, 6.45) is 5.34. The molecule has 2 atom stereocenters. The van der Waals surface area contributed by atoms with E-state index in [1.54, 1.807) is 26.4 Å². The van der Waals surface area contributed by atoms with Crippen molar-refractivity contribution in [2.75, 3.05) is 27.3 Å². The molecule has 5 rings (SSSR count). The van der Waals surface area contributed by atoms with E-state index in [1.807, 2.05) is 23.1 Å². The normalized spacial score (nSPS) is 20.7. The van der Waals surface area contributed by atoms with Gasteiger partial charge in [-0.25, -0.2) is 4.39 Å². The molecule has 0 aromatic heterocycles. The Morgan fingerprint density at radius 2 is 1.81 bits per heavy atom.